The van der Waals surface area contributed by atoms with Gasteiger partial charge in [0, 0.05) is 17.4 Å². The van der Waals surface area contributed by atoms with Crippen LogP contribution in [-0.2, 0) is 6.42 Å². The van der Waals surface area contributed by atoms with Gasteiger partial charge >= 0.3 is 0 Å². The summed E-state index contributed by atoms with van der Waals surface area (Å²) in [7, 11) is 1.59. The highest BCUT2D eigenvalue weighted by atomic mass is 16.5. The third-order valence-corrected chi connectivity index (χ3v) is 4.90. The largest absolute Gasteiger partial charge is 0.497 e. The highest BCUT2D eigenvalue weighted by molar-refractivity contribution is 5.99. The molecule has 2 aromatic carbocycles. The predicted octanol–water partition coefficient (Wildman–Crippen LogP) is 3.27. The van der Waals surface area contributed by atoms with E-state index in [-0.39, 0.29) is 5.91 Å². The summed E-state index contributed by atoms with van der Waals surface area (Å²) in [6.45, 7) is 0.648. The Labute approximate surface area is 138 Å². The molecule has 24 heavy (non-hydrogen) atoms. The van der Waals surface area contributed by atoms with E-state index in [0.717, 1.165) is 17.6 Å². The van der Waals surface area contributed by atoms with E-state index in [1.165, 1.54) is 10.9 Å². The van der Waals surface area contributed by atoms with Gasteiger partial charge in [0.2, 0.25) is 6.23 Å². The van der Waals surface area contributed by atoms with Gasteiger partial charge in [-0.1, -0.05) is 18.2 Å². The van der Waals surface area contributed by atoms with Gasteiger partial charge in [-0.05, 0) is 36.2 Å². The van der Waals surface area contributed by atoms with E-state index < -0.39 is 6.23 Å². The monoisotopic (exact) mass is 320 g/mol. The molecule has 1 atom stereocenters. The molecule has 0 saturated heterocycles. The van der Waals surface area contributed by atoms with Crippen molar-refractivity contribution in [3.8, 4) is 11.5 Å². The van der Waals surface area contributed by atoms with Crippen LogP contribution in [0.1, 0.15) is 27.8 Å². The number of aromatic nitrogens is 1. The molecule has 3 heterocycles. The van der Waals surface area contributed by atoms with Crippen molar-refractivity contribution in [1.82, 2.24) is 9.88 Å². The van der Waals surface area contributed by atoms with Crippen LogP contribution < -0.4 is 9.47 Å². The van der Waals surface area contributed by atoms with Gasteiger partial charge in [-0.25, -0.2) is 0 Å². The van der Waals surface area contributed by atoms with Crippen LogP contribution in [0, 0.1) is 0 Å². The summed E-state index contributed by atoms with van der Waals surface area (Å²) in [5.41, 5.74) is 3.87. The Morgan fingerprint density at radius 2 is 2.12 bits per heavy atom. The van der Waals surface area contributed by atoms with Gasteiger partial charge in [-0.3, -0.25) is 9.69 Å². The van der Waals surface area contributed by atoms with Gasteiger partial charge in [-0.2, -0.15) is 0 Å². The molecule has 2 aliphatic heterocycles. The number of nitrogens with one attached hydrogen (secondary N) is 1. The number of aromatic amines is 1. The minimum atomic E-state index is -0.394. The number of hydrogen-bond donors (Lipinski definition) is 1. The zero-order chi connectivity index (χ0) is 16.3. The number of amides is 1. The summed E-state index contributed by atoms with van der Waals surface area (Å²) in [6.07, 6.45) is 0.430. The van der Waals surface area contributed by atoms with Crippen molar-refractivity contribution in [2.75, 3.05) is 13.7 Å². The van der Waals surface area contributed by atoms with Gasteiger partial charge in [0.1, 0.15) is 11.5 Å². The maximum absolute atomic E-state index is 12.9. The summed E-state index contributed by atoms with van der Waals surface area (Å²) in [5.74, 6) is 1.26. The number of nitrogens with zero attached hydrogens (tertiary/aromatic N) is 1. The van der Waals surface area contributed by atoms with Crippen molar-refractivity contribution in [3.05, 3.63) is 59.3 Å². The van der Waals surface area contributed by atoms with Crippen molar-refractivity contribution < 1.29 is 14.3 Å². The van der Waals surface area contributed by atoms with Crippen LogP contribution in [0.2, 0.25) is 0 Å². The number of hydrogen-bond acceptors (Lipinski definition) is 3. The second-order valence-corrected chi connectivity index (χ2v) is 6.14. The van der Waals surface area contributed by atoms with Crippen LogP contribution >= 0.6 is 0 Å². The fourth-order valence-corrected chi connectivity index (χ4v) is 3.72. The van der Waals surface area contributed by atoms with Crippen LogP contribution in [0.25, 0.3) is 10.9 Å². The lowest BCUT2D eigenvalue weighted by atomic mass is 9.99. The first-order valence-electron chi connectivity index (χ1n) is 8.01. The minimum Gasteiger partial charge on any atom is -0.497 e. The number of carbonyl (C=O) groups excluding carboxylic acids is 1. The van der Waals surface area contributed by atoms with E-state index in [1.807, 2.05) is 18.2 Å². The summed E-state index contributed by atoms with van der Waals surface area (Å²) in [5, 5.41) is 1.21. The Hall–Kier alpha value is -2.95. The number of para-hydroxylation sites is 1. The normalized spacial score (nSPS) is 18.6. The Balaban J connectivity index is 1.65. The molecule has 0 aliphatic carbocycles. The van der Waals surface area contributed by atoms with Crippen LogP contribution in [0.15, 0.2) is 42.5 Å². The molecule has 2 aliphatic rings. The van der Waals surface area contributed by atoms with Crippen molar-refractivity contribution >= 4 is 16.8 Å². The van der Waals surface area contributed by atoms with Crippen LogP contribution in [0.4, 0.5) is 0 Å². The highest BCUT2D eigenvalue weighted by Gasteiger charge is 2.40. The number of rotatable bonds is 1. The molecule has 0 fully saturated rings. The fraction of sp³-hybridized carbons (Fsp3) is 0.211. The Kier molecular flexibility index (Phi) is 2.68. The SMILES string of the molecule is COc1ccc2c(c1)C(=O)N1CCc3c([nH]c4ccccc34)C1O2. The molecule has 0 spiro atoms. The lowest BCUT2D eigenvalue weighted by molar-refractivity contribution is 0.00194. The van der Waals surface area contributed by atoms with Crippen molar-refractivity contribution in [2.24, 2.45) is 0 Å². The van der Waals surface area contributed by atoms with Gasteiger partial charge < -0.3 is 14.5 Å². The lowest BCUT2D eigenvalue weighted by Gasteiger charge is -2.39. The summed E-state index contributed by atoms with van der Waals surface area (Å²) in [4.78, 5) is 18.2. The minimum absolute atomic E-state index is 0.00976. The molecule has 3 aromatic rings. The van der Waals surface area contributed by atoms with Crippen LogP contribution in [0.3, 0.4) is 0 Å². The van der Waals surface area contributed by atoms with E-state index >= 15 is 0 Å². The number of benzene rings is 2. The first-order chi connectivity index (χ1) is 11.8. The van der Waals surface area contributed by atoms with Gasteiger partial charge in [0.15, 0.2) is 0 Å². The smallest absolute Gasteiger partial charge is 0.260 e. The summed E-state index contributed by atoms with van der Waals surface area (Å²) in [6, 6.07) is 13.6. The number of carbonyl (C=O) groups is 1. The van der Waals surface area contributed by atoms with Gasteiger partial charge in [0.25, 0.3) is 5.91 Å². The molecule has 5 heteroatoms. The molecule has 5 nitrogen and oxygen atoms in total. The van der Waals surface area contributed by atoms with E-state index in [1.54, 1.807) is 24.1 Å². The van der Waals surface area contributed by atoms with Crippen molar-refractivity contribution in [1.29, 1.82) is 0 Å². The van der Waals surface area contributed by atoms with Crippen molar-refractivity contribution in [3.63, 3.8) is 0 Å². The van der Waals surface area contributed by atoms with Crippen molar-refractivity contribution in [2.45, 2.75) is 12.6 Å². The zero-order valence-corrected chi connectivity index (χ0v) is 13.2. The molecule has 1 unspecified atom stereocenters. The fourth-order valence-electron chi connectivity index (χ4n) is 3.72. The third-order valence-electron chi connectivity index (χ3n) is 4.90. The molecule has 1 amide bonds. The summed E-state index contributed by atoms with van der Waals surface area (Å²) >= 11 is 0. The molecular formula is C19H16N2O3. The van der Waals surface area contributed by atoms with E-state index in [4.69, 9.17) is 9.47 Å². The Morgan fingerprint density at radius 3 is 3.00 bits per heavy atom. The predicted molar refractivity (Wildman–Crippen MR) is 89.4 cm³/mol. The zero-order valence-electron chi connectivity index (χ0n) is 13.2. The summed E-state index contributed by atoms with van der Waals surface area (Å²) < 4.78 is 11.4. The number of fused-ring (bicyclic) bond motifs is 6. The Morgan fingerprint density at radius 1 is 1.25 bits per heavy atom. The molecule has 0 radical (unpaired) electrons. The van der Waals surface area contributed by atoms with Crippen LogP contribution in [0.5, 0.6) is 11.5 Å². The van der Waals surface area contributed by atoms with Gasteiger partial charge in [-0.15, -0.1) is 0 Å². The first kappa shape index (κ1) is 13.5. The van der Waals surface area contributed by atoms with E-state index in [2.05, 4.69) is 17.1 Å². The molecule has 1 N–H and O–H groups in total. The van der Waals surface area contributed by atoms with Gasteiger partial charge in [0.05, 0.1) is 18.4 Å². The molecule has 1 aromatic heterocycles. The maximum atomic E-state index is 12.9. The van der Waals surface area contributed by atoms with Crippen LogP contribution in [-0.4, -0.2) is 29.4 Å². The molecular weight excluding hydrogens is 304 g/mol. The first-order valence-corrected chi connectivity index (χ1v) is 8.01. The number of methoxy groups -OCH3 is 1. The maximum Gasteiger partial charge on any atom is 0.260 e. The standard InChI is InChI=1S/C19H16N2O3/c1-23-11-6-7-16-14(10-11)18(22)21-9-8-13-12-4-2-3-5-15(12)20-17(13)19(21)24-16/h2-7,10,19-20H,8-9H2,1H3. The topological polar surface area (TPSA) is 54.6 Å². The van der Waals surface area contributed by atoms with E-state index in [9.17, 15) is 4.79 Å². The second-order valence-electron chi connectivity index (χ2n) is 6.14. The Bertz CT molecular complexity index is 976. The number of H-pyrrole nitrogens is 1. The van der Waals surface area contributed by atoms with E-state index in [0.29, 0.717) is 23.6 Å². The highest BCUT2D eigenvalue weighted by Crippen LogP contribution is 2.41. The third kappa shape index (κ3) is 1.72. The molecule has 120 valence electrons. The molecule has 0 bridgehead atoms. The number of ether oxygens (including phenoxy) is 2. The molecule has 0 saturated carbocycles. The quantitative estimate of drug-likeness (QED) is 0.749. The molecule has 5 rings (SSSR count). The second kappa shape index (κ2) is 4.77. The average Bonchev–Trinajstić information content (AvgIpc) is 3.01. The average molecular weight is 320 g/mol. The lowest BCUT2D eigenvalue weighted by Crippen LogP contribution is -2.45.